The molecule has 1 aromatic carbocycles. The lowest BCUT2D eigenvalue weighted by molar-refractivity contribution is 0.799. The van der Waals surface area contributed by atoms with Crippen molar-refractivity contribution in [2.24, 2.45) is 0 Å². The van der Waals surface area contributed by atoms with Gasteiger partial charge in [-0.1, -0.05) is 24.3 Å². The zero-order valence-corrected chi connectivity index (χ0v) is 10.6. The van der Waals surface area contributed by atoms with Crippen LogP contribution < -0.4 is 5.32 Å². The summed E-state index contributed by atoms with van der Waals surface area (Å²) >= 11 is 1.90. The normalized spacial score (nSPS) is 10.6. The Morgan fingerprint density at radius 3 is 2.69 bits per heavy atom. The predicted molar refractivity (Wildman–Crippen MR) is 72.1 cm³/mol. The summed E-state index contributed by atoms with van der Waals surface area (Å²) < 4.78 is 0. The summed E-state index contributed by atoms with van der Waals surface area (Å²) in [4.78, 5) is 2.83. The van der Waals surface area contributed by atoms with Crippen molar-refractivity contribution in [3.05, 3.63) is 46.8 Å². The van der Waals surface area contributed by atoms with Gasteiger partial charge in [0, 0.05) is 9.75 Å². The molecule has 0 unspecified atom stereocenters. The fourth-order valence-electron chi connectivity index (χ4n) is 1.75. The number of benzene rings is 1. The van der Waals surface area contributed by atoms with Crippen molar-refractivity contribution in [3.8, 4) is 10.4 Å². The van der Waals surface area contributed by atoms with E-state index in [9.17, 15) is 0 Å². The van der Waals surface area contributed by atoms with E-state index in [0.29, 0.717) is 0 Å². The van der Waals surface area contributed by atoms with E-state index in [2.05, 4.69) is 48.6 Å². The van der Waals surface area contributed by atoms with Gasteiger partial charge in [-0.2, -0.15) is 0 Å². The number of likely N-dealkylation sites (N-methyl/N-ethyl adjacent to an activating group) is 1. The third-order valence-corrected chi connectivity index (χ3v) is 3.87. The average molecular weight is 231 g/mol. The van der Waals surface area contributed by atoms with Crippen molar-refractivity contribution >= 4 is 11.3 Å². The molecule has 1 aromatic heterocycles. The minimum atomic E-state index is 1.05. The van der Waals surface area contributed by atoms with Gasteiger partial charge in [-0.3, -0.25) is 0 Å². The van der Waals surface area contributed by atoms with Crippen molar-refractivity contribution in [1.82, 2.24) is 5.32 Å². The molecule has 2 rings (SSSR count). The summed E-state index contributed by atoms with van der Waals surface area (Å²) in [6.07, 6.45) is 1.12. The molecule has 0 aliphatic rings. The molecule has 1 nitrogen and oxygen atoms in total. The summed E-state index contributed by atoms with van der Waals surface area (Å²) in [5, 5.41) is 3.18. The first-order chi connectivity index (χ1) is 7.81. The van der Waals surface area contributed by atoms with Gasteiger partial charge in [0.1, 0.15) is 0 Å². The highest BCUT2D eigenvalue weighted by molar-refractivity contribution is 7.15. The van der Waals surface area contributed by atoms with Crippen LogP contribution in [-0.4, -0.2) is 13.6 Å². The van der Waals surface area contributed by atoms with Gasteiger partial charge in [0.05, 0.1) is 0 Å². The maximum Gasteiger partial charge on any atom is 0.0348 e. The summed E-state index contributed by atoms with van der Waals surface area (Å²) in [6.45, 7) is 3.22. The van der Waals surface area contributed by atoms with Gasteiger partial charge in [0.2, 0.25) is 0 Å². The van der Waals surface area contributed by atoms with Crippen LogP contribution >= 0.6 is 11.3 Å². The Hall–Kier alpha value is -1.12. The summed E-state index contributed by atoms with van der Waals surface area (Å²) in [6, 6.07) is 13.0. The van der Waals surface area contributed by atoms with Crippen LogP contribution in [0.3, 0.4) is 0 Å². The van der Waals surface area contributed by atoms with Gasteiger partial charge in [0.15, 0.2) is 0 Å². The second kappa shape index (κ2) is 5.28. The zero-order chi connectivity index (χ0) is 11.4. The average Bonchev–Trinajstić information content (AvgIpc) is 2.75. The van der Waals surface area contributed by atoms with Gasteiger partial charge in [-0.25, -0.2) is 0 Å². The molecule has 84 valence electrons. The lowest BCUT2D eigenvalue weighted by Gasteiger charge is -2.01. The van der Waals surface area contributed by atoms with Crippen LogP contribution in [0.15, 0.2) is 36.4 Å². The highest BCUT2D eigenvalue weighted by Crippen LogP contribution is 2.30. The summed E-state index contributed by atoms with van der Waals surface area (Å²) in [7, 11) is 2.00. The second-order valence-corrected chi connectivity index (χ2v) is 5.10. The standard InChI is InChI=1S/C14H17NS/c1-11-5-3-4-6-13(11)14-8-7-12(16-14)9-10-15-2/h3-8,15H,9-10H2,1-2H3. The third kappa shape index (κ3) is 2.52. The third-order valence-electron chi connectivity index (χ3n) is 2.69. The van der Waals surface area contributed by atoms with Gasteiger partial charge in [-0.15, -0.1) is 11.3 Å². The highest BCUT2D eigenvalue weighted by Gasteiger charge is 2.04. The molecule has 0 aliphatic heterocycles. The molecule has 0 radical (unpaired) electrons. The smallest absolute Gasteiger partial charge is 0.0348 e. The van der Waals surface area contributed by atoms with Crippen LogP contribution in [0, 0.1) is 6.92 Å². The molecule has 0 saturated heterocycles. The van der Waals surface area contributed by atoms with Crippen molar-refractivity contribution in [2.45, 2.75) is 13.3 Å². The Labute approximate surface area is 101 Å². The number of nitrogens with one attached hydrogen (secondary N) is 1. The lowest BCUT2D eigenvalue weighted by atomic mass is 10.1. The zero-order valence-electron chi connectivity index (χ0n) is 9.79. The van der Waals surface area contributed by atoms with E-state index in [0.717, 1.165) is 13.0 Å². The van der Waals surface area contributed by atoms with Crippen LogP contribution in [0.1, 0.15) is 10.4 Å². The first-order valence-electron chi connectivity index (χ1n) is 5.60. The molecule has 0 bridgehead atoms. The largest absolute Gasteiger partial charge is 0.319 e. The van der Waals surface area contributed by atoms with Crippen molar-refractivity contribution < 1.29 is 0 Å². The molecule has 0 saturated carbocycles. The van der Waals surface area contributed by atoms with E-state index in [-0.39, 0.29) is 0 Å². The summed E-state index contributed by atoms with van der Waals surface area (Å²) in [5.41, 5.74) is 2.72. The molecule has 1 N–H and O–H groups in total. The molecule has 0 amide bonds. The summed E-state index contributed by atoms with van der Waals surface area (Å²) in [5.74, 6) is 0. The van der Waals surface area contributed by atoms with Crippen LogP contribution in [0.4, 0.5) is 0 Å². The van der Waals surface area contributed by atoms with Crippen molar-refractivity contribution in [3.63, 3.8) is 0 Å². The van der Waals surface area contributed by atoms with E-state index < -0.39 is 0 Å². The van der Waals surface area contributed by atoms with Gasteiger partial charge >= 0.3 is 0 Å². The van der Waals surface area contributed by atoms with Crippen LogP contribution in [0.2, 0.25) is 0 Å². The van der Waals surface area contributed by atoms with E-state index >= 15 is 0 Å². The SMILES string of the molecule is CNCCc1ccc(-c2ccccc2C)s1. The molecule has 0 atom stereocenters. The molecule has 0 fully saturated rings. The molecule has 1 heterocycles. The number of aryl methyl sites for hydroxylation is 1. The first kappa shape index (κ1) is 11.4. The predicted octanol–water partition coefficient (Wildman–Crippen LogP) is 3.49. The number of hydrogen-bond donors (Lipinski definition) is 1. The molecular formula is C14H17NS. The van der Waals surface area contributed by atoms with Crippen LogP contribution in [-0.2, 0) is 6.42 Å². The molecule has 16 heavy (non-hydrogen) atoms. The van der Waals surface area contributed by atoms with E-state index in [4.69, 9.17) is 0 Å². The molecule has 0 aliphatic carbocycles. The lowest BCUT2D eigenvalue weighted by Crippen LogP contribution is -2.09. The second-order valence-electron chi connectivity index (χ2n) is 3.93. The Balaban J connectivity index is 2.22. The minimum absolute atomic E-state index is 1.05. The van der Waals surface area contributed by atoms with Crippen molar-refractivity contribution in [2.75, 3.05) is 13.6 Å². The number of rotatable bonds is 4. The van der Waals surface area contributed by atoms with Crippen LogP contribution in [0.25, 0.3) is 10.4 Å². The number of thiophene rings is 1. The highest BCUT2D eigenvalue weighted by atomic mass is 32.1. The maximum absolute atomic E-state index is 3.18. The van der Waals surface area contributed by atoms with Gasteiger partial charge in [0.25, 0.3) is 0 Å². The fraction of sp³-hybridized carbons (Fsp3) is 0.286. The Bertz CT molecular complexity index is 459. The van der Waals surface area contributed by atoms with Gasteiger partial charge in [-0.05, 0) is 50.2 Å². The monoisotopic (exact) mass is 231 g/mol. The van der Waals surface area contributed by atoms with Gasteiger partial charge < -0.3 is 5.32 Å². The Kier molecular flexibility index (Phi) is 3.75. The van der Waals surface area contributed by atoms with E-state index in [1.165, 1.54) is 20.9 Å². The fourth-order valence-corrected chi connectivity index (χ4v) is 2.85. The first-order valence-corrected chi connectivity index (χ1v) is 6.42. The topological polar surface area (TPSA) is 12.0 Å². The quantitative estimate of drug-likeness (QED) is 0.849. The molecule has 2 heteroatoms. The van der Waals surface area contributed by atoms with Crippen LogP contribution in [0.5, 0.6) is 0 Å². The maximum atomic E-state index is 3.18. The van der Waals surface area contributed by atoms with E-state index in [1.807, 2.05) is 18.4 Å². The molecule has 2 aromatic rings. The Morgan fingerprint density at radius 1 is 1.12 bits per heavy atom. The Morgan fingerprint density at radius 2 is 1.94 bits per heavy atom. The minimum Gasteiger partial charge on any atom is -0.319 e. The molecule has 0 spiro atoms. The van der Waals surface area contributed by atoms with E-state index in [1.54, 1.807) is 0 Å². The number of hydrogen-bond acceptors (Lipinski definition) is 2. The molecular weight excluding hydrogens is 214 g/mol. The van der Waals surface area contributed by atoms with Crippen molar-refractivity contribution in [1.29, 1.82) is 0 Å².